The summed E-state index contributed by atoms with van der Waals surface area (Å²) in [6.07, 6.45) is -5.89. The van der Waals surface area contributed by atoms with Crippen molar-refractivity contribution in [2.24, 2.45) is 0 Å². The van der Waals surface area contributed by atoms with Crippen LogP contribution in [-0.2, 0) is 4.79 Å². The fourth-order valence-corrected chi connectivity index (χ4v) is 1.66. The van der Waals surface area contributed by atoms with Crippen LogP contribution in [0.2, 0.25) is 0 Å². The number of aliphatic hydroxyl groups is 2. The first-order valence-corrected chi connectivity index (χ1v) is 5.11. The van der Waals surface area contributed by atoms with E-state index >= 15 is 0 Å². The van der Waals surface area contributed by atoms with Gasteiger partial charge in [-0.25, -0.2) is 0 Å². The van der Waals surface area contributed by atoms with E-state index in [4.69, 9.17) is 5.11 Å². The molecule has 96 valence electrons. The summed E-state index contributed by atoms with van der Waals surface area (Å²) in [5.41, 5.74) is 0.0494. The van der Waals surface area contributed by atoms with Crippen molar-refractivity contribution < 1.29 is 28.2 Å². The van der Waals surface area contributed by atoms with Gasteiger partial charge in [-0.15, -0.1) is 0 Å². The smallest absolute Gasteiger partial charge is 0.418 e. The van der Waals surface area contributed by atoms with Crippen LogP contribution < -0.4 is 0 Å². The van der Waals surface area contributed by atoms with Crippen molar-refractivity contribution in [2.45, 2.75) is 38.5 Å². The topological polar surface area (TPSA) is 57.5 Å². The second kappa shape index (κ2) is 4.91. The third kappa shape index (κ3) is 3.33. The minimum atomic E-state index is -4.87. The molecule has 6 heteroatoms. The number of carbonyl (C=O) groups is 1. The quantitative estimate of drug-likeness (QED) is 0.751. The van der Waals surface area contributed by atoms with Crippen LogP contribution in [-0.4, -0.2) is 28.3 Å². The summed E-state index contributed by atoms with van der Waals surface area (Å²) in [6.45, 7) is 1.66. The Labute approximate surface area is 96.3 Å². The fourth-order valence-electron chi connectivity index (χ4n) is 1.66. The molecule has 0 aromatic heterocycles. The predicted molar refractivity (Wildman–Crippen MR) is 54.3 cm³/mol. The van der Waals surface area contributed by atoms with Gasteiger partial charge in [-0.3, -0.25) is 4.79 Å². The Kier molecular flexibility index (Phi) is 3.98. The number of ketones is 1. The van der Waals surface area contributed by atoms with E-state index in [2.05, 4.69) is 0 Å². The van der Waals surface area contributed by atoms with Gasteiger partial charge in [0, 0.05) is 5.57 Å². The molecule has 1 atom stereocenters. The summed E-state index contributed by atoms with van der Waals surface area (Å²) in [5.74, 6) is -1.88. The SMILES string of the molecule is C/C1=C/C(=O)/C(O)=C(/C(O)C(F)(F)F)CCC1. The van der Waals surface area contributed by atoms with Gasteiger partial charge in [-0.2, -0.15) is 13.2 Å². The number of hydrogen-bond acceptors (Lipinski definition) is 3. The van der Waals surface area contributed by atoms with Crippen LogP contribution in [0.5, 0.6) is 0 Å². The number of halogens is 3. The Hall–Kier alpha value is -1.30. The first kappa shape index (κ1) is 13.8. The van der Waals surface area contributed by atoms with Crippen molar-refractivity contribution in [1.82, 2.24) is 0 Å². The van der Waals surface area contributed by atoms with Gasteiger partial charge in [-0.1, -0.05) is 5.57 Å². The molecule has 0 bridgehead atoms. The Bertz CT molecular complexity index is 380. The predicted octanol–water partition coefficient (Wildman–Crippen LogP) is 2.42. The Morgan fingerprint density at radius 1 is 1.35 bits per heavy atom. The van der Waals surface area contributed by atoms with E-state index in [0.29, 0.717) is 18.4 Å². The molecule has 0 radical (unpaired) electrons. The number of aliphatic hydroxyl groups excluding tert-OH is 2. The summed E-state index contributed by atoms with van der Waals surface area (Å²) in [4.78, 5) is 11.4. The average molecular weight is 250 g/mol. The van der Waals surface area contributed by atoms with E-state index < -0.39 is 29.4 Å². The second-order valence-corrected chi connectivity index (χ2v) is 4.03. The number of alkyl halides is 3. The largest absolute Gasteiger partial charge is 0.504 e. The monoisotopic (exact) mass is 250 g/mol. The zero-order valence-corrected chi connectivity index (χ0v) is 9.21. The Balaban J connectivity index is 3.11. The summed E-state index contributed by atoms with van der Waals surface area (Å²) in [5, 5.41) is 18.5. The molecule has 0 spiro atoms. The molecule has 0 amide bonds. The van der Waals surface area contributed by atoms with Crippen molar-refractivity contribution >= 4 is 5.78 Å². The molecule has 1 unspecified atom stereocenters. The van der Waals surface area contributed by atoms with Gasteiger partial charge < -0.3 is 10.2 Å². The van der Waals surface area contributed by atoms with Crippen molar-refractivity contribution in [3.8, 4) is 0 Å². The zero-order valence-electron chi connectivity index (χ0n) is 9.21. The molecule has 0 aromatic carbocycles. The maximum absolute atomic E-state index is 12.3. The highest BCUT2D eigenvalue weighted by atomic mass is 19.4. The van der Waals surface area contributed by atoms with Gasteiger partial charge in [0.2, 0.25) is 5.78 Å². The number of carbonyl (C=O) groups excluding carboxylic acids is 1. The lowest BCUT2D eigenvalue weighted by Crippen LogP contribution is -2.32. The van der Waals surface area contributed by atoms with Crippen LogP contribution in [0, 0.1) is 0 Å². The van der Waals surface area contributed by atoms with Crippen molar-refractivity contribution in [3.05, 3.63) is 23.0 Å². The summed E-state index contributed by atoms with van der Waals surface area (Å²) < 4.78 is 37.0. The number of hydrogen-bond donors (Lipinski definition) is 2. The summed E-state index contributed by atoms with van der Waals surface area (Å²) >= 11 is 0. The molecule has 0 aromatic rings. The van der Waals surface area contributed by atoms with Crippen LogP contribution in [0.25, 0.3) is 0 Å². The highest BCUT2D eigenvalue weighted by molar-refractivity contribution is 6.03. The molecule has 2 N–H and O–H groups in total. The van der Waals surface area contributed by atoms with Gasteiger partial charge in [0.05, 0.1) is 0 Å². The van der Waals surface area contributed by atoms with Crippen LogP contribution in [0.1, 0.15) is 26.2 Å². The van der Waals surface area contributed by atoms with Crippen LogP contribution in [0.15, 0.2) is 23.0 Å². The maximum Gasteiger partial charge on any atom is 0.418 e. The van der Waals surface area contributed by atoms with E-state index in [1.165, 1.54) is 0 Å². The average Bonchev–Trinajstić information content (AvgIpc) is 2.19. The molecule has 0 heterocycles. The van der Waals surface area contributed by atoms with Gasteiger partial charge in [0.15, 0.2) is 11.9 Å². The van der Waals surface area contributed by atoms with Gasteiger partial charge in [0.25, 0.3) is 0 Å². The molecule has 0 fully saturated rings. The van der Waals surface area contributed by atoms with E-state index in [1.807, 2.05) is 0 Å². The lowest BCUT2D eigenvalue weighted by Gasteiger charge is -2.20. The molecule has 0 aliphatic heterocycles. The van der Waals surface area contributed by atoms with E-state index in [1.54, 1.807) is 6.92 Å². The van der Waals surface area contributed by atoms with Crippen LogP contribution >= 0.6 is 0 Å². The molecule has 0 saturated carbocycles. The minimum Gasteiger partial charge on any atom is -0.504 e. The van der Waals surface area contributed by atoms with Crippen molar-refractivity contribution in [1.29, 1.82) is 0 Å². The highest BCUT2D eigenvalue weighted by Gasteiger charge is 2.42. The molecule has 17 heavy (non-hydrogen) atoms. The lowest BCUT2D eigenvalue weighted by molar-refractivity contribution is -0.192. The van der Waals surface area contributed by atoms with Crippen molar-refractivity contribution in [3.63, 3.8) is 0 Å². The molecular formula is C11H13F3O3. The molecule has 1 aliphatic rings. The van der Waals surface area contributed by atoms with Gasteiger partial charge in [-0.05, 0) is 32.3 Å². The Morgan fingerprint density at radius 2 is 1.94 bits per heavy atom. The molecule has 1 rings (SSSR count). The summed E-state index contributed by atoms with van der Waals surface area (Å²) in [7, 11) is 0. The van der Waals surface area contributed by atoms with Crippen LogP contribution in [0.3, 0.4) is 0 Å². The highest BCUT2D eigenvalue weighted by Crippen LogP contribution is 2.31. The third-order valence-electron chi connectivity index (χ3n) is 2.57. The standard InChI is InChI=1S/C11H13F3O3/c1-6-3-2-4-7(9(16)8(15)5-6)10(17)11(12,13)14/h5,10,16-17H,2-4H2,1H3/b6-5-,9-7-. The second-order valence-electron chi connectivity index (χ2n) is 4.03. The third-order valence-corrected chi connectivity index (χ3v) is 2.57. The lowest BCUT2D eigenvalue weighted by atomic mass is 9.94. The minimum absolute atomic E-state index is 0.149. The van der Waals surface area contributed by atoms with Gasteiger partial charge in [0.1, 0.15) is 0 Å². The number of rotatable bonds is 1. The van der Waals surface area contributed by atoms with Crippen LogP contribution in [0.4, 0.5) is 13.2 Å². The normalized spacial score (nSPS) is 28.1. The molecular weight excluding hydrogens is 237 g/mol. The molecule has 1 aliphatic carbocycles. The van der Waals surface area contributed by atoms with E-state index in [0.717, 1.165) is 6.08 Å². The first-order valence-electron chi connectivity index (χ1n) is 5.11. The number of allylic oxidation sites excluding steroid dienone is 2. The Morgan fingerprint density at radius 3 is 2.47 bits per heavy atom. The van der Waals surface area contributed by atoms with Gasteiger partial charge >= 0.3 is 6.18 Å². The van der Waals surface area contributed by atoms with E-state index in [9.17, 15) is 23.1 Å². The molecule has 0 saturated heterocycles. The first-order chi connectivity index (χ1) is 7.73. The van der Waals surface area contributed by atoms with E-state index in [-0.39, 0.29) is 6.42 Å². The summed E-state index contributed by atoms with van der Waals surface area (Å²) in [6, 6.07) is 0. The molecule has 3 nitrogen and oxygen atoms in total. The maximum atomic E-state index is 12.3. The fraction of sp³-hybridized carbons (Fsp3) is 0.545. The van der Waals surface area contributed by atoms with Crippen molar-refractivity contribution in [2.75, 3.05) is 0 Å². The zero-order chi connectivity index (χ0) is 13.2.